The van der Waals surface area contributed by atoms with Crippen LogP contribution in [0.4, 0.5) is 5.69 Å². The van der Waals surface area contributed by atoms with Gasteiger partial charge in [0, 0.05) is 5.02 Å². The smallest absolute Gasteiger partial charge is 0.244 e. The molecule has 0 aliphatic heterocycles. The van der Waals surface area contributed by atoms with Crippen molar-refractivity contribution in [1.29, 1.82) is 0 Å². The fourth-order valence-corrected chi connectivity index (χ4v) is 4.15. The van der Waals surface area contributed by atoms with Crippen LogP contribution in [0.15, 0.2) is 48.5 Å². The third-order valence-electron chi connectivity index (χ3n) is 4.07. The molecule has 2 rings (SSSR count). The molecular weight excluding hydrogens is 400 g/mol. The molecule has 2 aromatic carbocycles. The van der Waals surface area contributed by atoms with Crippen molar-refractivity contribution in [2.45, 2.75) is 26.3 Å². The number of nitrogens with zero attached hydrogens (tertiary/aromatic N) is 1. The van der Waals surface area contributed by atoms with Crippen molar-refractivity contribution >= 4 is 33.2 Å². The predicted octanol–water partition coefficient (Wildman–Crippen LogP) is 3.39. The number of hydrogen-bond acceptors (Lipinski definition) is 4. The molecule has 0 spiro atoms. The molecule has 6 nitrogen and oxygen atoms in total. The summed E-state index contributed by atoms with van der Waals surface area (Å²) in [6.45, 7) is 4.28. The van der Waals surface area contributed by atoms with Crippen molar-refractivity contribution in [1.82, 2.24) is 5.32 Å². The highest BCUT2D eigenvalue weighted by molar-refractivity contribution is 7.92. The number of halogens is 1. The molecule has 0 heterocycles. The molecule has 28 heavy (non-hydrogen) atoms. The second-order valence-corrected chi connectivity index (χ2v) is 8.71. The van der Waals surface area contributed by atoms with Crippen LogP contribution in [-0.2, 0) is 14.8 Å². The van der Waals surface area contributed by atoms with Gasteiger partial charge in [-0.05, 0) is 55.3 Å². The first kappa shape index (κ1) is 22.0. The third-order valence-corrected chi connectivity index (χ3v) is 5.50. The predicted molar refractivity (Wildman–Crippen MR) is 113 cm³/mol. The topological polar surface area (TPSA) is 75.7 Å². The van der Waals surface area contributed by atoms with E-state index < -0.39 is 16.1 Å². The van der Waals surface area contributed by atoms with Crippen molar-refractivity contribution in [3.05, 3.63) is 59.1 Å². The largest absolute Gasteiger partial charge is 0.492 e. The quantitative estimate of drug-likeness (QED) is 0.626. The summed E-state index contributed by atoms with van der Waals surface area (Å²) in [5, 5.41) is 3.25. The molecule has 1 amide bonds. The van der Waals surface area contributed by atoms with Crippen LogP contribution in [0.25, 0.3) is 0 Å². The highest BCUT2D eigenvalue weighted by Gasteiger charge is 2.31. The monoisotopic (exact) mass is 424 g/mol. The van der Waals surface area contributed by atoms with Crippen LogP contribution in [0, 0.1) is 6.92 Å². The van der Waals surface area contributed by atoms with Gasteiger partial charge in [-0.1, -0.05) is 30.7 Å². The fraction of sp³-hybridized carbons (Fsp3) is 0.350. The normalized spacial score (nSPS) is 12.3. The van der Waals surface area contributed by atoms with E-state index in [0.717, 1.165) is 21.9 Å². The molecule has 0 saturated carbocycles. The molecule has 0 aromatic heterocycles. The number of nitrogens with one attached hydrogen (secondary N) is 1. The lowest BCUT2D eigenvalue weighted by Crippen LogP contribution is -2.50. The van der Waals surface area contributed by atoms with Gasteiger partial charge in [0.2, 0.25) is 15.9 Å². The number of carbonyl (C=O) groups is 1. The van der Waals surface area contributed by atoms with Gasteiger partial charge in [-0.3, -0.25) is 9.10 Å². The number of rotatable bonds is 9. The molecule has 0 radical (unpaired) electrons. The van der Waals surface area contributed by atoms with E-state index in [1.165, 1.54) is 0 Å². The molecule has 0 unspecified atom stereocenters. The molecule has 0 aliphatic carbocycles. The van der Waals surface area contributed by atoms with Crippen molar-refractivity contribution in [2.24, 2.45) is 0 Å². The van der Waals surface area contributed by atoms with Gasteiger partial charge in [-0.2, -0.15) is 0 Å². The summed E-state index contributed by atoms with van der Waals surface area (Å²) < 4.78 is 31.5. The fourth-order valence-electron chi connectivity index (χ4n) is 2.81. The first-order chi connectivity index (χ1) is 13.2. The van der Waals surface area contributed by atoms with E-state index in [2.05, 4.69) is 5.32 Å². The Kier molecular flexibility index (Phi) is 7.71. The minimum Gasteiger partial charge on any atom is -0.492 e. The Bertz CT molecular complexity index is 901. The second kappa shape index (κ2) is 9.80. The number of ether oxygens (including phenoxy) is 1. The number of aryl methyl sites for hydroxylation is 1. The molecule has 152 valence electrons. The number of carbonyl (C=O) groups excluding carboxylic acids is 1. The van der Waals surface area contributed by atoms with Crippen LogP contribution in [0.3, 0.4) is 0 Å². The van der Waals surface area contributed by atoms with Crippen LogP contribution < -0.4 is 14.4 Å². The standard InChI is InChI=1S/C20H25ClN2O4S/c1-4-19(23(28(3,25)26)17-10-8-16(21)9-11-17)20(24)22-12-13-27-18-7-5-6-15(2)14-18/h5-11,14,19H,4,12-13H2,1-3H3,(H,22,24)/t19-/m0/s1. The number of amides is 1. The van der Waals surface area contributed by atoms with E-state index in [-0.39, 0.29) is 19.1 Å². The lowest BCUT2D eigenvalue weighted by molar-refractivity contribution is -0.122. The van der Waals surface area contributed by atoms with E-state index in [1.807, 2.05) is 31.2 Å². The van der Waals surface area contributed by atoms with Crippen LogP contribution in [0.1, 0.15) is 18.9 Å². The highest BCUT2D eigenvalue weighted by atomic mass is 35.5. The Hall–Kier alpha value is -2.25. The Labute approximate surface area is 171 Å². The van der Waals surface area contributed by atoms with Gasteiger partial charge < -0.3 is 10.1 Å². The maximum atomic E-state index is 12.7. The van der Waals surface area contributed by atoms with Gasteiger partial charge in [0.05, 0.1) is 18.5 Å². The number of anilines is 1. The maximum absolute atomic E-state index is 12.7. The molecule has 8 heteroatoms. The Morgan fingerprint density at radius 1 is 1.21 bits per heavy atom. The van der Waals surface area contributed by atoms with Crippen molar-refractivity contribution in [3.8, 4) is 5.75 Å². The molecule has 0 bridgehead atoms. The summed E-state index contributed by atoms with van der Waals surface area (Å²) >= 11 is 5.89. The summed E-state index contributed by atoms with van der Waals surface area (Å²) in [7, 11) is -3.67. The van der Waals surface area contributed by atoms with Crippen LogP contribution in [-0.4, -0.2) is 39.8 Å². The van der Waals surface area contributed by atoms with Gasteiger partial charge in [0.15, 0.2) is 0 Å². The highest BCUT2D eigenvalue weighted by Crippen LogP contribution is 2.24. The molecular formula is C20H25ClN2O4S. The third kappa shape index (κ3) is 6.14. The van der Waals surface area contributed by atoms with Gasteiger partial charge in [0.1, 0.15) is 18.4 Å². The maximum Gasteiger partial charge on any atom is 0.244 e. The number of sulfonamides is 1. The van der Waals surface area contributed by atoms with Crippen molar-refractivity contribution in [3.63, 3.8) is 0 Å². The average molecular weight is 425 g/mol. The Morgan fingerprint density at radius 3 is 2.46 bits per heavy atom. The summed E-state index contributed by atoms with van der Waals surface area (Å²) in [6.07, 6.45) is 1.40. The molecule has 0 saturated heterocycles. The average Bonchev–Trinajstić information content (AvgIpc) is 2.63. The zero-order valence-corrected chi connectivity index (χ0v) is 17.8. The molecule has 0 fully saturated rings. The van der Waals surface area contributed by atoms with Gasteiger partial charge in [0.25, 0.3) is 0 Å². The lowest BCUT2D eigenvalue weighted by atomic mass is 10.2. The van der Waals surface area contributed by atoms with E-state index in [1.54, 1.807) is 31.2 Å². The zero-order chi connectivity index (χ0) is 20.7. The summed E-state index contributed by atoms with van der Waals surface area (Å²) in [5.74, 6) is 0.343. The van der Waals surface area contributed by atoms with Crippen LogP contribution in [0.2, 0.25) is 5.02 Å². The van der Waals surface area contributed by atoms with E-state index >= 15 is 0 Å². The zero-order valence-electron chi connectivity index (χ0n) is 16.2. The number of hydrogen-bond donors (Lipinski definition) is 1. The molecule has 0 aliphatic rings. The van der Waals surface area contributed by atoms with Crippen LogP contribution in [0.5, 0.6) is 5.75 Å². The van der Waals surface area contributed by atoms with Crippen molar-refractivity contribution in [2.75, 3.05) is 23.7 Å². The first-order valence-electron chi connectivity index (χ1n) is 8.94. The summed E-state index contributed by atoms with van der Waals surface area (Å²) in [6, 6.07) is 13.1. The Balaban J connectivity index is 2.04. The lowest BCUT2D eigenvalue weighted by Gasteiger charge is -2.30. The van der Waals surface area contributed by atoms with Gasteiger partial charge in [-0.15, -0.1) is 0 Å². The molecule has 1 N–H and O–H groups in total. The van der Waals surface area contributed by atoms with E-state index in [9.17, 15) is 13.2 Å². The molecule has 2 aromatic rings. The van der Waals surface area contributed by atoms with Gasteiger partial charge >= 0.3 is 0 Å². The first-order valence-corrected chi connectivity index (χ1v) is 11.2. The van der Waals surface area contributed by atoms with Gasteiger partial charge in [-0.25, -0.2) is 8.42 Å². The summed E-state index contributed by atoms with van der Waals surface area (Å²) in [4.78, 5) is 12.7. The second-order valence-electron chi connectivity index (χ2n) is 6.42. The summed E-state index contributed by atoms with van der Waals surface area (Å²) in [5.41, 5.74) is 1.48. The minimum absolute atomic E-state index is 0.265. The number of benzene rings is 2. The Morgan fingerprint density at radius 2 is 1.89 bits per heavy atom. The van der Waals surface area contributed by atoms with E-state index in [4.69, 9.17) is 16.3 Å². The molecule has 1 atom stereocenters. The minimum atomic E-state index is -3.67. The SMILES string of the molecule is CC[C@@H](C(=O)NCCOc1cccc(C)c1)N(c1ccc(Cl)cc1)S(C)(=O)=O. The van der Waals surface area contributed by atoms with Crippen LogP contribution >= 0.6 is 11.6 Å². The van der Waals surface area contributed by atoms with E-state index in [0.29, 0.717) is 17.1 Å². The van der Waals surface area contributed by atoms with Crippen molar-refractivity contribution < 1.29 is 17.9 Å².